The summed E-state index contributed by atoms with van der Waals surface area (Å²) in [5.41, 5.74) is 2.38. The van der Waals surface area contributed by atoms with Crippen LogP contribution in [0.25, 0.3) is 15.9 Å². The maximum Gasteiger partial charge on any atom is 0.337 e. The van der Waals surface area contributed by atoms with E-state index in [4.69, 9.17) is 11.6 Å². The fourth-order valence-electron chi connectivity index (χ4n) is 3.81. The first-order valence-corrected chi connectivity index (χ1v) is 11.7. The molecule has 1 amide bonds. The topological polar surface area (TPSA) is 64.3 Å². The second-order valence-corrected chi connectivity index (χ2v) is 9.86. The minimum Gasteiger partial charge on any atom is -0.344 e. The molecule has 4 rings (SSSR count). The molecule has 0 aliphatic heterocycles. The van der Waals surface area contributed by atoms with Crippen molar-refractivity contribution in [3.63, 3.8) is 0 Å². The second-order valence-electron chi connectivity index (χ2n) is 8.45. The van der Waals surface area contributed by atoms with Crippen LogP contribution in [0.4, 0.5) is 4.39 Å². The van der Waals surface area contributed by atoms with Crippen molar-refractivity contribution in [1.29, 1.82) is 0 Å². The van der Waals surface area contributed by atoms with E-state index < -0.39 is 17.1 Å². The van der Waals surface area contributed by atoms with Gasteiger partial charge in [0.1, 0.15) is 10.6 Å². The first kappa shape index (κ1) is 23.9. The largest absolute Gasteiger partial charge is 0.344 e. The Labute approximate surface area is 204 Å². The highest BCUT2D eigenvalue weighted by molar-refractivity contribution is 7.20. The molecule has 0 bridgehead atoms. The number of benzene rings is 2. The van der Waals surface area contributed by atoms with Crippen LogP contribution in [0.2, 0.25) is 5.02 Å². The molecule has 0 spiro atoms. The summed E-state index contributed by atoms with van der Waals surface area (Å²) in [5, 5.41) is 0.466. The van der Waals surface area contributed by atoms with E-state index in [9.17, 15) is 18.8 Å². The van der Waals surface area contributed by atoms with Gasteiger partial charge in [0.2, 0.25) is 0 Å². The predicted molar refractivity (Wildman–Crippen MR) is 134 cm³/mol. The van der Waals surface area contributed by atoms with Crippen LogP contribution < -0.4 is 11.2 Å². The lowest BCUT2D eigenvalue weighted by Crippen LogP contribution is -2.39. The summed E-state index contributed by atoms with van der Waals surface area (Å²) in [6, 6.07) is 9.31. The van der Waals surface area contributed by atoms with Crippen molar-refractivity contribution in [3.8, 4) is 5.69 Å². The van der Waals surface area contributed by atoms with Crippen molar-refractivity contribution in [1.82, 2.24) is 14.0 Å². The first-order valence-electron chi connectivity index (χ1n) is 10.5. The van der Waals surface area contributed by atoms with Crippen molar-refractivity contribution in [3.05, 3.63) is 95.2 Å². The van der Waals surface area contributed by atoms with Crippen molar-refractivity contribution >= 4 is 39.1 Å². The lowest BCUT2D eigenvalue weighted by atomic mass is 10.1. The van der Waals surface area contributed by atoms with Gasteiger partial charge in [-0.25, -0.2) is 13.8 Å². The highest BCUT2D eigenvalue weighted by Gasteiger charge is 2.25. The number of hydrogen-bond acceptors (Lipinski definition) is 4. The minimum absolute atomic E-state index is 0.00905. The molecule has 0 atom stereocenters. The number of carbonyl (C=O) groups is 1. The summed E-state index contributed by atoms with van der Waals surface area (Å²) in [7, 11) is 3.26. The van der Waals surface area contributed by atoms with Gasteiger partial charge in [-0.1, -0.05) is 23.7 Å². The summed E-state index contributed by atoms with van der Waals surface area (Å²) in [4.78, 5) is 42.4. The fraction of sp³-hybridized carbons (Fsp3) is 0.240. The lowest BCUT2D eigenvalue weighted by Gasteiger charge is -2.14. The minimum atomic E-state index is -0.564. The molecule has 0 aliphatic carbocycles. The average molecular weight is 500 g/mol. The summed E-state index contributed by atoms with van der Waals surface area (Å²) in [6.07, 6.45) is 0. The summed E-state index contributed by atoms with van der Waals surface area (Å²) >= 11 is 7.35. The van der Waals surface area contributed by atoms with Crippen molar-refractivity contribution in [2.45, 2.75) is 27.3 Å². The van der Waals surface area contributed by atoms with Gasteiger partial charge < -0.3 is 4.90 Å². The SMILES string of the molecule is Cc1ccc(-n2c(=O)c3c(C)c(C(=O)N(C)C)sc3n(Cc3ccc(F)cc3Cl)c2=O)cc1C. The standard InChI is InChI=1S/C25H23ClFN3O3S/c1-13-6-9-18(10-14(13)2)30-22(31)20-15(3)21(23(32)28(4)5)34-24(20)29(25(30)33)12-16-7-8-17(27)11-19(16)26/h6-11H,12H2,1-5H3. The number of amides is 1. The van der Waals surface area contributed by atoms with Crippen LogP contribution in [0.1, 0.15) is 31.9 Å². The van der Waals surface area contributed by atoms with E-state index in [-0.39, 0.29) is 17.5 Å². The van der Waals surface area contributed by atoms with Crippen LogP contribution in [0.5, 0.6) is 0 Å². The Morgan fingerprint density at radius 1 is 1.06 bits per heavy atom. The zero-order valence-corrected chi connectivity index (χ0v) is 21.0. The first-order chi connectivity index (χ1) is 16.0. The number of rotatable bonds is 4. The molecule has 176 valence electrons. The van der Waals surface area contributed by atoms with Gasteiger partial charge in [-0.05, 0) is 67.3 Å². The van der Waals surface area contributed by atoms with E-state index in [2.05, 4.69) is 0 Å². The van der Waals surface area contributed by atoms with Gasteiger partial charge in [0, 0.05) is 19.1 Å². The number of hydrogen-bond donors (Lipinski definition) is 0. The number of halogens is 2. The van der Waals surface area contributed by atoms with Crippen LogP contribution >= 0.6 is 22.9 Å². The highest BCUT2D eigenvalue weighted by Crippen LogP contribution is 2.30. The molecule has 0 N–H and O–H groups in total. The van der Waals surface area contributed by atoms with Crippen LogP contribution in [0.15, 0.2) is 46.0 Å². The number of nitrogens with zero attached hydrogens (tertiary/aromatic N) is 3. The Balaban J connectivity index is 2.10. The molecule has 6 nitrogen and oxygen atoms in total. The van der Waals surface area contributed by atoms with Crippen LogP contribution in [-0.2, 0) is 6.54 Å². The number of carbonyl (C=O) groups excluding carboxylic acids is 1. The number of aromatic nitrogens is 2. The monoisotopic (exact) mass is 499 g/mol. The molecule has 2 aromatic carbocycles. The second kappa shape index (κ2) is 8.85. The predicted octanol–water partition coefficient (Wildman–Crippen LogP) is 4.68. The zero-order valence-electron chi connectivity index (χ0n) is 19.4. The molecule has 0 saturated heterocycles. The summed E-state index contributed by atoms with van der Waals surface area (Å²) in [6.45, 7) is 5.57. The van der Waals surface area contributed by atoms with E-state index in [0.717, 1.165) is 27.0 Å². The maximum absolute atomic E-state index is 13.7. The normalized spacial score (nSPS) is 11.3. The van der Waals surface area contributed by atoms with Crippen LogP contribution in [0.3, 0.4) is 0 Å². The molecular formula is C25H23ClFN3O3S. The molecule has 9 heteroatoms. The van der Waals surface area contributed by atoms with Gasteiger partial charge in [-0.15, -0.1) is 11.3 Å². The summed E-state index contributed by atoms with van der Waals surface area (Å²) < 4.78 is 16.2. The molecule has 2 aromatic heterocycles. The van der Waals surface area contributed by atoms with Crippen molar-refractivity contribution in [2.75, 3.05) is 14.1 Å². The number of fused-ring (bicyclic) bond motifs is 1. The Morgan fingerprint density at radius 2 is 1.76 bits per heavy atom. The molecule has 0 radical (unpaired) electrons. The van der Waals surface area contributed by atoms with Gasteiger partial charge in [-0.2, -0.15) is 0 Å². The molecular weight excluding hydrogens is 477 g/mol. The van der Waals surface area contributed by atoms with E-state index >= 15 is 0 Å². The quantitative estimate of drug-likeness (QED) is 0.409. The molecule has 34 heavy (non-hydrogen) atoms. The Bertz CT molecular complexity index is 1580. The Hall–Kier alpha value is -3.23. The van der Waals surface area contributed by atoms with E-state index in [0.29, 0.717) is 31.9 Å². The van der Waals surface area contributed by atoms with E-state index in [1.807, 2.05) is 19.9 Å². The Kier molecular flexibility index (Phi) is 6.22. The maximum atomic E-state index is 13.7. The smallest absolute Gasteiger partial charge is 0.337 e. The van der Waals surface area contributed by atoms with Gasteiger partial charge in [-0.3, -0.25) is 14.2 Å². The number of thiophene rings is 1. The van der Waals surface area contributed by atoms with Gasteiger partial charge in [0.15, 0.2) is 0 Å². The Morgan fingerprint density at radius 3 is 2.38 bits per heavy atom. The van der Waals surface area contributed by atoms with E-state index in [1.165, 1.54) is 27.7 Å². The average Bonchev–Trinajstić information content (AvgIpc) is 3.11. The summed E-state index contributed by atoms with van der Waals surface area (Å²) in [5.74, 6) is -0.744. The van der Waals surface area contributed by atoms with Gasteiger partial charge in [0.25, 0.3) is 11.5 Å². The molecule has 4 aromatic rings. The molecule has 0 aliphatic rings. The molecule has 2 heterocycles. The lowest BCUT2D eigenvalue weighted by molar-refractivity contribution is 0.0831. The molecule has 0 fully saturated rings. The molecule has 0 saturated carbocycles. The van der Waals surface area contributed by atoms with Crippen LogP contribution in [0, 0.1) is 26.6 Å². The third kappa shape index (κ3) is 3.97. The molecule has 0 unspecified atom stereocenters. The highest BCUT2D eigenvalue weighted by atomic mass is 35.5. The van der Waals surface area contributed by atoms with E-state index in [1.54, 1.807) is 33.2 Å². The van der Waals surface area contributed by atoms with Gasteiger partial charge in [0.05, 0.1) is 22.5 Å². The van der Waals surface area contributed by atoms with Gasteiger partial charge >= 0.3 is 5.69 Å². The third-order valence-electron chi connectivity index (χ3n) is 5.91. The third-order valence-corrected chi connectivity index (χ3v) is 7.56. The van der Waals surface area contributed by atoms with Crippen LogP contribution in [-0.4, -0.2) is 34.0 Å². The number of aryl methyl sites for hydroxylation is 3. The zero-order chi connectivity index (χ0) is 24.9. The fourth-order valence-corrected chi connectivity index (χ4v) is 5.35. The van der Waals surface area contributed by atoms with Crippen molar-refractivity contribution < 1.29 is 9.18 Å². The van der Waals surface area contributed by atoms with Crippen molar-refractivity contribution in [2.24, 2.45) is 0 Å².